The van der Waals surface area contributed by atoms with Crippen molar-refractivity contribution in [1.29, 1.82) is 0 Å². The van der Waals surface area contributed by atoms with Gasteiger partial charge in [0.05, 0.1) is 11.5 Å². The summed E-state index contributed by atoms with van der Waals surface area (Å²) in [6.07, 6.45) is 9.34. The van der Waals surface area contributed by atoms with Crippen molar-refractivity contribution in [3.63, 3.8) is 0 Å². The Morgan fingerprint density at radius 2 is 1.86 bits per heavy atom. The van der Waals surface area contributed by atoms with E-state index in [-0.39, 0.29) is 17.6 Å². The van der Waals surface area contributed by atoms with E-state index in [1.165, 1.54) is 12.1 Å². The standard InChI is InChI=1S/C29H38F3N3O2/c1-23(36)25-10-6-9-24(14-15-25)22-33(2)28(37)13-4-3-5-16-34-17-8-18-35(20-19-34)27-12-7-11-26(21-27)29(30,31)32/h6-7,9-12,14-15,21,25H,3-5,8,13,16-20,22H2,1-2H3. The van der Waals surface area contributed by atoms with Gasteiger partial charge in [0.15, 0.2) is 0 Å². The van der Waals surface area contributed by atoms with Gasteiger partial charge in [-0.25, -0.2) is 0 Å². The van der Waals surface area contributed by atoms with Gasteiger partial charge in [-0.2, -0.15) is 13.2 Å². The van der Waals surface area contributed by atoms with E-state index in [0.29, 0.717) is 25.2 Å². The number of benzene rings is 1. The van der Waals surface area contributed by atoms with Crippen molar-refractivity contribution in [2.45, 2.75) is 45.2 Å². The van der Waals surface area contributed by atoms with Crippen LogP contribution in [-0.2, 0) is 15.8 Å². The van der Waals surface area contributed by atoms with Crippen LogP contribution < -0.4 is 4.90 Å². The van der Waals surface area contributed by atoms with Gasteiger partial charge in [-0.1, -0.05) is 42.9 Å². The topological polar surface area (TPSA) is 43.9 Å². The molecule has 1 heterocycles. The fourth-order valence-electron chi connectivity index (χ4n) is 4.70. The van der Waals surface area contributed by atoms with Gasteiger partial charge in [-0.05, 0) is 63.0 Å². The lowest BCUT2D eigenvalue weighted by Crippen LogP contribution is -2.31. The maximum atomic E-state index is 13.1. The van der Waals surface area contributed by atoms with Crippen molar-refractivity contribution in [1.82, 2.24) is 9.80 Å². The molecule has 5 nitrogen and oxygen atoms in total. The Bertz CT molecular complexity index is 1020. The smallest absolute Gasteiger partial charge is 0.370 e. The second kappa shape index (κ2) is 13.6. The fraction of sp³-hybridized carbons (Fsp3) is 0.517. The summed E-state index contributed by atoms with van der Waals surface area (Å²) in [6.45, 7) is 6.22. The molecule has 0 spiro atoms. The van der Waals surface area contributed by atoms with E-state index in [0.717, 1.165) is 63.5 Å². The number of likely N-dealkylation sites (N-methyl/N-ethyl adjacent to an activating group) is 1. The molecule has 1 saturated heterocycles. The molecule has 1 aromatic rings. The van der Waals surface area contributed by atoms with Crippen LogP contribution in [0, 0.1) is 5.92 Å². The Morgan fingerprint density at radius 3 is 2.62 bits per heavy atom. The molecular formula is C29H38F3N3O2. The van der Waals surface area contributed by atoms with Crippen molar-refractivity contribution in [3.05, 3.63) is 65.8 Å². The SMILES string of the molecule is CC(=O)C1C=CC=C(CN(C)C(=O)CCCCCN2CCCN(c3cccc(C(F)(F)F)c3)CC2)C=C1. The summed E-state index contributed by atoms with van der Waals surface area (Å²) in [4.78, 5) is 30.3. The van der Waals surface area contributed by atoms with Crippen molar-refractivity contribution >= 4 is 17.4 Å². The highest BCUT2D eigenvalue weighted by atomic mass is 19.4. The van der Waals surface area contributed by atoms with Crippen LogP contribution in [0.1, 0.15) is 44.6 Å². The minimum atomic E-state index is -4.33. The monoisotopic (exact) mass is 517 g/mol. The average Bonchev–Trinajstić information content (AvgIpc) is 3.24. The Balaban J connectivity index is 1.34. The lowest BCUT2D eigenvalue weighted by molar-refractivity contribution is -0.137. The van der Waals surface area contributed by atoms with Crippen LogP contribution in [0.3, 0.4) is 0 Å². The van der Waals surface area contributed by atoms with Crippen LogP contribution in [-0.4, -0.2) is 67.8 Å². The van der Waals surface area contributed by atoms with Gasteiger partial charge in [-0.15, -0.1) is 0 Å². The van der Waals surface area contributed by atoms with Crippen LogP contribution in [0.5, 0.6) is 0 Å². The zero-order valence-electron chi connectivity index (χ0n) is 21.8. The molecule has 1 aliphatic carbocycles. The minimum absolute atomic E-state index is 0.0970. The van der Waals surface area contributed by atoms with Gasteiger partial charge in [0, 0.05) is 45.3 Å². The Kier molecular flexibility index (Phi) is 10.6. The number of halogens is 3. The largest absolute Gasteiger partial charge is 0.416 e. The number of nitrogens with zero attached hydrogens (tertiary/aromatic N) is 3. The summed E-state index contributed by atoms with van der Waals surface area (Å²) in [5.41, 5.74) is 1.02. The highest BCUT2D eigenvalue weighted by Gasteiger charge is 2.31. The zero-order valence-corrected chi connectivity index (χ0v) is 21.8. The lowest BCUT2D eigenvalue weighted by Gasteiger charge is -2.24. The van der Waals surface area contributed by atoms with E-state index < -0.39 is 11.7 Å². The summed E-state index contributed by atoms with van der Waals surface area (Å²) in [7, 11) is 1.81. The second-order valence-electron chi connectivity index (χ2n) is 9.91. The summed E-state index contributed by atoms with van der Waals surface area (Å²) >= 11 is 0. The van der Waals surface area contributed by atoms with Gasteiger partial charge in [-0.3, -0.25) is 9.59 Å². The molecule has 0 radical (unpaired) electrons. The summed E-state index contributed by atoms with van der Waals surface area (Å²) in [6, 6.07) is 5.58. The Labute approximate surface area is 218 Å². The maximum absolute atomic E-state index is 13.1. The van der Waals surface area contributed by atoms with Gasteiger partial charge in [0.25, 0.3) is 0 Å². The molecule has 0 N–H and O–H groups in total. The minimum Gasteiger partial charge on any atom is -0.370 e. The predicted octanol–water partition coefficient (Wildman–Crippen LogP) is 5.49. The number of amides is 1. The van der Waals surface area contributed by atoms with Crippen LogP contribution in [0.2, 0.25) is 0 Å². The third-order valence-corrected chi connectivity index (χ3v) is 6.95. The van der Waals surface area contributed by atoms with Crippen molar-refractivity contribution < 1.29 is 22.8 Å². The number of carbonyl (C=O) groups is 2. The molecule has 0 aromatic heterocycles. The highest BCUT2D eigenvalue weighted by Crippen LogP contribution is 2.32. The van der Waals surface area contributed by atoms with E-state index in [9.17, 15) is 22.8 Å². The van der Waals surface area contributed by atoms with E-state index in [2.05, 4.69) is 4.90 Å². The predicted molar refractivity (Wildman–Crippen MR) is 141 cm³/mol. The number of hydrogen-bond acceptors (Lipinski definition) is 4. The van der Waals surface area contributed by atoms with Crippen molar-refractivity contribution in [2.75, 3.05) is 51.2 Å². The maximum Gasteiger partial charge on any atom is 0.416 e. The van der Waals surface area contributed by atoms with Gasteiger partial charge in [0.1, 0.15) is 5.78 Å². The van der Waals surface area contributed by atoms with Crippen LogP contribution in [0.15, 0.2) is 60.2 Å². The molecule has 8 heteroatoms. The number of carbonyl (C=O) groups excluding carboxylic acids is 2. The van der Waals surface area contributed by atoms with Crippen molar-refractivity contribution in [3.8, 4) is 0 Å². The number of rotatable bonds is 10. The molecule has 3 rings (SSSR count). The van der Waals surface area contributed by atoms with Gasteiger partial charge < -0.3 is 14.7 Å². The first-order chi connectivity index (χ1) is 17.6. The number of Topliss-reactive ketones (excluding diaryl/α,β-unsaturated/α-hetero) is 1. The quantitative estimate of drug-likeness (QED) is 0.385. The zero-order chi connectivity index (χ0) is 26.8. The van der Waals surface area contributed by atoms with E-state index >= 15 is 0 Å². The number of ketones is 1. The Morgan fingerprint density at radius 1 is 1.05 bits per heavy atom. The normalized spacial score (nSPS) is 18.8. The van der Waals surface area contributed by atoms with Gasteiger partial charge in [0.2, 0.25) is 5.91 Å². The molecule has 202 valence electrons. The number of hydrogen-bond donors (Lipinski definition) is 0. The molecule has 1 fully saturated rings. The third-order valence-electron chi connectivity index (χ3n) is 6.95. The Hall–Kier alpha value is -2.87. The summed E-state index contributed by atoms with van der Waals surface area (Å²) in [5, 5.41) is 0. The van der Waals surface area contributed by atoms with Crippen LogP contribution >= 0.6 is 0 Å². The first kappa shape index (κ1) is 28.7. The first-order valence-electron chi connectivity index (χ1n) is 13.1. The van der Waals surface area contributed by atoms with Crippen LogP contribution in [0.4, 0.5) is 18.9 Å². The number of alkyl halides is 3. The summed E-state index contributed by atoms with van der Waals surface area (Å²) in [5.74, 6) is -0.000407. The first-order valence-corrected chi connectivity index (χ1v) is 13.1. The van der Waals surface area contributed by atoms with E-state index in [4.69, 9.17) is 0 Å². The molecule has 1 atom stereocenters. The molecule has 1 amide bonds. The van der Waals surface area contributed by atoms with Crippen LogP contribution in [0.25, 0.3) is 0 Å². The molecular weight excluding hydrogens is 479 g/mol. The molecule has 1 unspecified atom stereocenters. The van der Waals surface area contributed by atoms with Gasteiger partial charge >= 0.3 is 6.18 Å². The molecule has 37 heavy (non-hydrogen) atoms. The second-order valence-corrected chi connectivity index (χ2v) is 9.91. The average molecular weight is 518 g/mol. The number of unbranched alkanes of at least 4 members (excludes halogenated alkanes) is 2. The molecule has 2 aliphatic rings. The highest BCUT2D eigenvalue weighted by molar-refractivity contribution is 5.82. The van der Waals surface area contributed by atoms with E-state index in [1.54, 1.807) is 17.9 Å². The third kappa shape index (κ3) is 9.18. The molecule has 0 bridgehead atoms. The lowest BCUT2D eigenvalue weighted by atomic mass is 10.0. The van der Waals surface area contributed by atoms with E-state index in [1.807, 2.05) is 42.3 Å². The fourth-order valence-corrected chi connectivity index (χ4v) is 4.70. The molecule has 1 aromatic carbocycles. The molecule has 1 aliphatic heterocycles. The molecule has 0 saturated carbocycles. The number of anilines is 1. The number of allylic oxidation sites excluding steroid dienone is 4. The summed E-state index contributed by atoms with van der Waals surface area (Å²) < 4.78 is 39.2. The van der Waals surface area contributed by atoms with Crippen molar-refractivity contribution in [2.24, 2.45) is 5.92 Å².